The zero-order chi connectivity index (χ0) is 20.1. The largest absolute Gasteiger partial charge is 0.496 e. The second-order valence-electron chi connectivity index (χ2n) is 6.71. The first kappa shape index (κ1) is 20.4. The van der Waals surface area contributed by atoms with Crippen LogP contribution in [-0.2, 0) is 9.59 Å². The van der Waals surface area contributed by atoms with Gasteiger partial charge in [0.05, 0.1) is 29.5 Å². The fourth-order valence-corrected chi connectivity index (χ4v) is 3.79. The lowest BCUT2D eigenvalue weighted by molar-refractivity contribution is -0.117. The summed E-state index contributed by atoms with van der Waals surface area (Å²) in [7, 11) is 1.62. The van der Waals surface area contributed by atoms with Crippen LogP contribution in [0.25, 0.3) is 0 Å². The number of nitrogens with zero attached hydrogens (tertiary/aromatic N) is 1. The molecule has 6 nitrogen and oxygen atoms in total. The molecule has 2 aromatic carbocycles. The van der Waals surface area contributed by atoms with Crippen LogP contribution in [0.15, 0.2) is 46.9 Å². The van der Waals surface area contributed by atoms with Gasteiger partial charge in [-0.2, -0.15) is 0 Å². The van der Waals surface area contributed by atoms with Crippen molar-refractivity contribution < 1.29 is 14.3 Å². The number of ether oxygens (including phenoxy) is 1. The number of hydrogen-bond acceptors (Lipinski definition) is 4. The van der Waals surface area contributed by atoms with E-state index in [1.807, 2.05) is 49.4 Å². The van der Waals surface area contributed by atoms with Gasteiger partial charge in [0.25, 0.3) is 0 Å². The molecule has 1 unspecified atom stereocenters. The number of rotatable bonds is 7. The summed E-state index contributed by atoms with van der Waals surface area (Å²) < 4.78 is 6.12. The van der Waals surface area contributed by atoms with Crippen LogP contribution in [0.1, 0.15) is 31.4 Å². The molecule has 0 spiro atoms. The first-order valence-electron chi connectivity index (χ1n) is 9.25. The zero-order valence-corrected chi connectivity index (χ0v) is 17.6. The highest BCUT2D eigenvalue weighted by molar-refractivity contribution is 9.10. The van der Waals surface area contributed by atoms with E-state index in [1.165, 1.54) is 0 Å². The molecule has 1 aliphatic heterocycles. The molecule has 0 radical (unpaired) electrons. The molecule has 0 bridgehead atoms. The summed E-state index contributed by atoms with van der Waals surface area (Å²) in [6.07, 6.45) is 1.40. The van der Waals surface area contributed by atoms with Gasteiger partial charge in [-0.15, -0.1) is 0 Å². The quantitative estimate of drug-likeness (QED) is 0.678. The maximum absolute atomic E-state index is 12.5. The van der Waals surface area contributed by atoms with E-state index >= 15 is 0 Å². The van der Waals surface area contributed by atoms with Gasteiger partial charge in [-0.1, -0.05) is 18.2 Å². The van der Waals surface area contributed by atoms with Gasteiger partial charge < -0.3 is 20.3 Å². The number of nitrogens with one attached hydrogen (secondary N) is 2. The molecule has 148 valence electrons. The number of anilines is 2. The van der Waals surface area contributed by atoms with Gasteiger partial charge in [0.2, 0.25) is 11.8 Å². The van der Waals surface area contributed by atoms with Crippen molar-refractivity contribution >= 4 is 39.1 Å². The monoisotopic (exact) mass is 445 g/mol. The third kappa shape index (κ3) is 4.72. The van der Waals surface area contributed by atoms with E-state index in [2.05, 4.69) is 26.6 Å². The predicted molar refractivity (Wildman–Crippen MR) is 114 cm³/mol. The summed E-state index contributed by atoms with van der Waals surface area (Å²) >= 11 is 3.48. The molecular weight excluding hydrogens is 422 g/mol. The van der Waals surface area contributed by atoms with Gasteiger partial charge in [0.1, 0.15) is 5.75 Å². The Kier molecular flexibility index (Phi) is 6.70. The van der Waals surface area contributed by atoms with Crippen molar-refractivity contribution in [2.24, 2.45) is 0 Å². The van der Waals surface area contributed by atoms with Crippen LogP contribution in [-0.4, -0.2) is 32.0 Å². The number of carbonyl (C=O) groups is 2. The lowest BCUT2D eigenvalue weighted by Crippen LogP contribution is -2.31. The summed E-state index contributed by atoms with van der Waals surface area (Å²) in [5.74, 6) is 0.707. The zero-order valence-electron chi connectivity index (χ0n) is 16.0. The summed E-state index contributed by atoms with van der Waals surface area (Å²) in [6, 6.07) is 13.2. The average Bonchev–Trinajstić information content (AvgIpc) is 3.12. The molecule has 1 heterocycles. The van der Waals surface area contributed by atoms with Crippen LogP contribution in [0.4, 0.5) is 11.4 Å². The Balaban J connectivity index is 1.60. The minimum absolute atomic E-state index is 0.0108. The maximum atomic E-state index is 12.5. The number of amides is 2. The van der Waals surface area contributed by atoms with Crippen LogP contribution in [0.5, 0.6) is 5.75 Å². The molecule has 0 aliphatic carbocycles. The molecule has 0 aromatic heterocycles. The summed E-state index contributed by atoms with van der Waals surface area (Å²) in [4.78, 5) is 26.2. The highest BCUT2D eigenvalue weighted by Crippen LogP contribution is 2.30. The molecular formula is C21H24BrN3O3. The summed E-state index contributed by atoms with van der Waals surface area (Å²) in [5.41, 5.74) is 2.46. The average molecular weight is 446 g/mol. The van der Waals surface area contributed by atoms with Gasteiger partial charge in [-0.25, -0.2) is 0 Å². The van der Waals surface area contributed by atoms with Crippen molar-refractivity contribution in [3.63, 3.8) is 0 Å². The van der Waals surface area contributed by atoms with Crippen LogP contribution < -0.4 is 20.3 Å². The standard InChI is InChI=1S/C21H24BrN3O3/c1-14(15-9-10-19(28-2)16(22)12-15)23-13-20(26)24-17-6-3-4-7-18(17)25-11-5-8-21(25)27/h3-4,6-7,9-10,12,14,23H,5,8,11,13H2,1-2H3,(H,24,26). The van der Waals surface area contributed by atoms with Crippen molar-refractivity contribution in [1.82, 2.24) is 5.32 Å². The first-order valence-corrected chi connectivity index (χ1v) is 10.0. The second kappa shape index (κ2) is 9.21. The summed E-state index contributed by atoms with van der Waals surface area (Å²) in [5, 5.41) is 6.15. The van der Waals surface area contributed by atoms with E-state index in [0.29, 0.717) is 18.7 Å². The lowest BCUT2D eigenvalue weighted by atomic mass is 10.1. The van der Waals surface area contributed by atoms with E-state index in [-0.39, 0.29) is 24.4 Å². The van der Waals surface area contributed by atoms with Crippen LogP contribution in [0, 0.1) is 0 Å². The van der Waals surface area contributed by atoms with E-state index < -0.39 is 0 Å². The Morgan fingerprint density at radius 3 is 2.75 bits per heavy atom. The topological polar surface area (TPSA) is 70.7 Å². The highest BCUT2D eigenvalue weighted by atomic mass is 79.9. The number of methoxy groups -OCH3 is 1. The molecule has 1 aliphatic rings. The highest BCUT2D eigenvalue weighted by Gasteiger charge is 2.24. The predicted octanol–water partition coefficient (Wildman–Crippen LogP) is 3.87. The molecule has 2 N–H and O–H groups in total. The third-order valence-corrected chi connectivity index (χ3v) is 5.41. The maximum Gasteiger partial charge on any atom is 0.238 e. The molecule has 2 aromatic rings. The second-order valence-corrected chi connectivity index (χ2v) is 7.57. The van der Waals surface area contributed by atoms with Crippen LogP contribution in [0.2, 0.25) is 0 Å². The molecule has 7 heteroatoms. The van der Waals surface area contributed by atoms with Crippen molar-refractivity contribution in [1.29, 1.82) is 0 Å². The van der Waals surface area contributed by atoms with Crippen molar-refractivity contribution in [3.8, 4) is 5.75 Å². The van der Waals surface area contributed by atoms with Crippen LogP contribution >= 0.6 is 15.9 Å². The molecule has 1 saturated heterocycles. The lowest BCUT2D eigenvalue weighted by Gasteiger charge is -2.20. The van der Waals surface area contributed by atoms with Gasteiger partial charge in [-0.3, -0.25) is 9.59 Å². The van der Waals surface area contributed by atoms with E-state index in [4.69, 9.17) is 4.74 Å². The number of para-hydroxylation sites is 2. The Hall–Kier alpha value is -2.38. The number of benzene rings is 2. The van der Waals surface area contributed by atoms with Crippen LogP contribution in [0.3, 0.4) is 0 Å². The fraction of sp³-hybridized carbons (Fsp3) is 0.333. The first-order chi connectivity index (χ1) is 13.5. The Morgan fingerprint density at radius 2 is 2.07 bits per heavy atom. The van der Waals surface area contributed by atoms with Gasteiger partial charge in [-0.05, 0) is 59.1 Å². The Labute approximate surface area is 173 Å². The smallest absolute Gasteiger partial charge is 0.238 e. The van der Waals surface area contributed by atoms with E-state index in [9.17, 15) is 9.59 Å². The third-order valence-electron chi connectivity index (χ3n) is 4.79. The number of hydrogen-bond donors (Lipinski definition) is 2. The molecule has 3 rings (SSSR count). The normalized spacial score (nSPS) is 14.8. The van der Waals surface area contributed by atoms with Gasteiger partial charge in [0.15, 0.2) is 0 Å². The fourth-order valence-electron chi connectivity index (χ4n) is 3.23. The summed E-state index contributed by atoms with van der Waals surface area (Å²) in [6.45, 7) is 2.85. The SMILES string of the molecule is COc1ccc(C(C)NCC(=O)Nc2ccccc2N2CCCC2=O)cc1Br. The van der Waals surface area contributed by atoms with Crippen molar-refractivity contribution in [2.75, 3.05) is 30.4 Å². The molecule has 28 heavy (non-hydrogen) atoms. The van der Waals surface area contributed by atoms with E-state index in [0.717, 1.165) is 27.9 Å². The van der Waals surface area contributed by atoms with Crippen molar-refractivity contribution in [2.45, 2.75) is 25.8 Å². The number of halogens is 1. The van der Waals surface area contributed by atoms with Gasteiger partial charge >= 0.3 is 0 Å². The minimum Gasteiger partial charge on any atom is -0.496 e. The van der Waals surface area contributed by atoms with Gasteiger partial charge in [0, 0.05) is 19.0 Å². The molecule has 1 atom stereocenters. The molecule has 0 saturated carbocycles. The minimum atomic E-state index is -0.154. The molecule has 1 fully saturated rings. The Morgan fingerprint density at radius 1 is 1.29 bits per heavy atom. The number of carbonyl (C=O) groups excluding carboxylic acids is 2. The van der Waals surface area contributed by atoms with E-state index in [1.54, 1.807) is 12.0 Å². The molecule has 2 amide bonds. The van der Waals surface area contributed by atoms with Crippen molar-refractivity contribution in [3.05, 3.63) is 52.5 Å². The Bertz CT molecular complexity index is 872.